The molecule has 0 aliphatic heterocycles. The van der Waals surface area contributed by atoms with Crippen molar-refractivity contribution in [1.29, 1.82) is 0 Å². The monoisotopic (exact) mass is 301 g/mol. The van der Waals surface area contributed by atoms with Crippen molar-refractivity contribution in [2.75, 3.05) is 14.2 Å². The Morgan fingerprint density at radius 2 is 1.67 bits per heavy atom. The highest BCUT2D eigenvalue weighted by molar-refractivity contribution is 5.75. The quantitative estimate of drug-likeness (QED) is 0.806. The fraction of sp³-hybridized carbons (Fsp3) is 0.867. The van der Waals surface area contributed by atoms with Gasteiger partial charge >= 0.3 is 12.1 Å². The number of esters is 1. The van der Waals surface area contributed by atoms with Crippen LogP contribution in [-0.4, -0.2) is 44.0 Å². The lowest BCUT2D eigenvalue weighted by molar-refractivity contribution is -0.156. The molecule has 0 saturated heterocycles. The number of methoxy groups -OCH3 is 2. The summed E-state index contributed by atoms with van der Waals surface area (Å²) < 4.78 is 15.2. The first-order valence-electron chi connectivity index (χ1n) is 7.37. The van der Waals surface area contributed by atoms with E-state index in [9.17, 15) is 9.59 Å². The van der Waals surface area contributed by atoms with E-state index in [2.05, 4.69) is 5.32 Å². The van der Waals surface area contributed by atoms with E-state index in [1.807, 2.05) is 20.8 Å². The summed E-state index contributed by atoms with van der Waals surface area (Å²) in [5.74, 6) is -0.194. The summed E-state index contributed by atoms with van der Waals surface area (Å²) in [6.45, 7) is 5.51. The summed E-state index contributed by atoms with van der Waals surface area (Å²) in [5, 5.41) is 2.88. The molecule has 0 aromatic heterocycles. The molecule has 122 valence electrons. The Kier molecular flexibility index (Phi) is 6.45. The minimum Gasteiger partial charge on any atom is -0.467 e. The van der Waals surface area contributed by atoms with Gasteiger partial charge in [-0.1, -0.05) is 0 Å². The molecule has 1 amide bonds. The zero-order valence-corrected chi connectivity index (χ0v) is 13.6. The van der Waals surface area contributed by atoms with Gasteiger partial charge in [-0.25, -0.2) is 9.59 Å². The van der Waals surface area contributed by atoms with Gasteiger partial charge in [0.2, 0.25) is 0 Å². The normalized spacial score (nSPS) is 24.0. The van der Waals surface area contributed by atoms with Crippen molar-refractivity contribution >= 4 is 12.1 Å². The molecule has 6 heteroatoms. The van der Waals surface area contributed by atoms with Crippen molar-refractivity contribution < 1.29 is 23.8 Å². The molecule has 0 aromatic rings. The van der Waals surface area contributed by atoms with Crippen LogP contribution in [0.5, 0.6) is 0 Å². The average molecular weight is 301 g/mol. The van der Waals surface area contributed by atoms with Gasteiger partial charge in [-0.15, -0.1) is 0 Å². The lowest BCUT2D eigenvalue weighted by Crippen LogP contribution is -2.43. The van der Waals surface area contributed by atoms with Crippen LogP contribution < -0.4 is 5.32 Å². The van der Waals surface area contributed by atoms with E-state index in [1.54, 1.807) is 0 Å². The number of ether oxygens (including phenoxy) is 3. The Hall–Kier alpha value is -1.30. The first-order chi connectivity index (χ1) is 9.76. The maximum Gasteiger partial charge on any atom is 0.407 e. The second-order valence-electron chi connectivity index (χ2n) is 6.44. The summed E-state index contributed by atoms with van der Waals surface area (Å²) >= 11 is 0. The second kappa shape index (κ2) is 7.64. The Balaban J connectivity index is 2.41. The minimum absolute atomic E-state index is 0.0891. The lowest BCUT2D eigenvalue weighted by atomic mass is 9.82. The van der Waals surface area contributed by atoms with Crippen LogP contribution in [0.25, 0.3) is 0 Å². The van der Waals surface area contributed by atoms with Crippen LogP contribution in [0, 0.1) is 5.92 Å². The van der Waals surface area contributed by atoms with Gasteiger partial charge in [0.15, 0.2) is 6.10 Å². The van der Waals surface area contributed by atoms with Crippen LogP contribution in [-0.2, 0) is 19.0 Å². The van der Waals surface area contributed by atoms with E-state index in [0.29, 0.717) is 0 Å². The molecule has 1 saturated carbocycles. The number of hydrogen-bond acceptors (Lipinski definition) is 5. The van der Waals surface area contributed by atoms with Crippen molar-refractivity contribution in [2.24, 2.45) is 5.92 Å². The molecule has 0 bridgehead atoms. The minimum atomic E-state index is -0.516. The molecule has 0 radical (unpaired) electrons. The largest absolute Gasteiger partial charge is 0.467 e. The molecule has 6 nitrogen and oxygen atoms in total. The van der Waals surface area contributed by atoms with Crippen LogP contribution >= 0.6 is 0 Å². The van der Waals surface area contributed by atoms with Crippen LogP contribution in [0.2, 0.25) is 0 Å². The van der Waals surface area contributed by atoms with Crippen molar-refractivity contribution in [1.82, 2.24) is 5.32 Å². The third kappa shape index (κ3) is 5.91. The van der Waals surface area contributed by atoms with Gasteiger partial charge in [0.1, 0.15) is 5.60 Å². The molecule has 21 heavy (non-hydrogen) atoms. The van der Waals surface area contributed by atoms with Gasteiger partial charge in [0.25, 0.3) is 0 Å². The van der Waals surface area contributed by atoms with E-state index in [-0.39, 0.29) is 24.0 Å². The highest BCUT2D eigenvalue weighted by atomic mass is 16.6. The number of hydrogen-bond donors (Lipinski definition) is 1. The molecule has 1 N–H and O–H groups in total. The summed E-state index contributed by atoms with van der Waals surface area (Å²) in [7, 11) is 2.89. The van der Waals surface area contributed by atoms with Gasteiger partial charge in [-0.2, -0.15) is 0 Å². The highest BCUT2D eigenvalue weighted by Gasteiger charge is 2.33. The van der Waals surface area contributed by atoms with Gasteiger partial charge in [-0.3, -0.25) is 0 Å². The van der Waals surface area contributed by atoms with Crippen LogP contribution in [0.1, 0.15) is 46.5 Å². The smallest absolute Gasteiger partial charge is 0.407 e. The maximum absolute atomic E-state index is 11.7. The Morgan fingerprint density at radius 3 is 2.10 bits per heavy atom. The number of alkyl carbamates (subject to hydrolysis) is 1. The summed E-state index contributed by atoms with van der Waals surface area (Å²) in [4.78, 5) is 23.3. The number of carbonyl (C=O) groups is 2. The highest BCUT2D eigenvalue weighted by Crippen LogP contribution is 2.29. The van der Waals surface area contributed by atoms with Crippen molar-refractivity contribution in [3.05, 3.63) is 0 Å². The zero-order chi connectivity index (χ0) is 16.0. The standard InChI is InChI=1S/C15H27NO5/c1-15(2,3)21-14(18)16-11-8-6-10(7-9-11)12(19-4)13(17)20-5/h10-12H,6-9H2,1-5H3,(H,16,18). The third-order valence-electron chi connectivity index (χ3n) is 3.61. The van der Waals surface area contributed by atoms with Gasteiger partial charge in [0.05, 0.1) is 7.11 Å². The Labute approximate surface area is 126 Å². The first kappa shape index (κ1) is 17.8. The molecule has 1 aliphatic carbocycles. The van der Waals surface area contributed by atoms with Gasteiger partial charge < -0.3 is 19.5 Å². The SMILES string of the molecule is COC(=O)C(OC)C1CCC(NC(=O)OC(C)(C)C)CC1. The van der Waals surface area contributed by atoms with E-state index in [0.717, 1.165) is 25.7 Å². The topological polar surface area (TPSA) is 73.9 Å². The van der Waals surface area contributed by atoms with E-state index >= 15 is 0 Å². The first-order valence-corrected chi connectivity index (χ1v) is 7.37. The Bertz CT molecular complexity index is 356. The predicted octanol–water partition coefficient (Wildman–Crippen LogP) is 2.26. The summed E-state index contributed by atoms with van der Waals surface area (Å²) in [5.41, 5.74) is -0.493. The second-order valence-corrected chi connectivity index (χ2v) is 6.44. The van der Waals surface area contributed by atoms with Crippen molar-refractivity contribution in [2.45, 2.75) is 64.2 Å². The lowest BCUT2D eigenvalue weighted by Gasteiger charge is -2.32. The molecule has 1 rings (SSSR count). The fourth-order valence-corrected chi connectivity index (χ4v) is 2.64. The number of amides is 1. The van der Waals surface area contributed by atoms with E-state index in [1.165, 1.54) is 14.2 Å². The third-order valence-corrected chi connectivity index (χ3v) is 3.61. The van der Waals surface area contributed by atoms with Crippen LogP contribution in [0.4, 0.5) is 4.79 Å². The van der Waals surface area contributed by atoms with Crippen LogP contribution in [0.3, 0.4) is 0 Å². The fourth-order valence-electron chi connectivity index (χ4n) is 2.64. The number of carbonyl (C=O) groups excluding carboxylic acids is 2. The summed E-state index contributed by atoms with van der Waals surface area (Å²) in [6.07, 6.45) is 2.34. The Morgan fingerprint density at radius 1 is 1.10 bits per heavy atom. The zero-order valence-electron chi connectivity index (χ0n) is 13.6. The number of rotatable bonds is 4. The molecule has 0 aromatic carbocycles. The molecule has 1 atom stereocenters. The van der Waals surface area contributed by atoms with Gasteiger partial charge in [-0.05, 0) is 52.4 Å². The molecular formula is C15H27NO5. The van der Waals surface area contributed by atoms with Crippen LogP contribution in [0.15, 0.2) is 0 Å². The van der Waals surface area contributed by atoms with E-state index in [4.69, 9.17) is 14.2 Å². The molecule has 1 fully saturated rings. The van der Waals surface area contributed by atoms with E-state index < -0.39 is 11.7 Å². The van der Waals surface area contributed by atoms with Crippen molar-refractivity contribution in [3.8, 4) is 0 Å². The molecule has 0 heterocycles. The number of nitrogens with one attached hydrogen (secondary N) is 1. The van der Waals surface area contributed by atoms with Gasteiger partial charge in [0, 0.05) is 13.2 Å². The summed E-state index contributed by atoms with van der Waals surface area (Å²) in [6, 6.07) is 0.0891. The maximum atomic E-state index is 11.7. The average Bonchev–Trinajstić information content (AvgIpc) is 2.39. The predicted molar refractivity (Wildman–Crippen MR) is 77.9 cm³/mol. The molecule has 1 unspecified atom stereocenters. The van der Waals surface area contributed by atoms with Crippen molar-refractivity contribution in [3.63, 3.8) is 0 Å². The molecule has 0 spiro atoms. The molecular weight excluding hydrogens is 274 g/mol. The molecule has 1 aliphatic rings.